The van der Waals surface area contributed by atoms with Crippen LogP contribution in [-0.2, 0) is 16.1 Å². The number of para-hydroxylation sites is 1. The molecule has 156 valence electrons. The van der Waals surface area contributed by atoms with Crippen molar-refractivity contribution in [3.05, 3.63) is 61.9 Å². The van der Waals surface area contributed by atoms with Crippen LogP contribution in [0.1, 0.15) is 17.3 Å². The Kier molecular flexibility index (Phi) is 6.48. The van der Waals surface area contributed by atoms with Crippen LogP contribution in [0.5, 0.6) is 5.75 Å². The molecule has 1 amide bonds. The zero-order valence-electron chi connectivity index (χ0n) is 16.0. The fraction of sp³-hybridized carbons (Fsp3) is 0.211. The Labute approximate surface area is 179 Å². The fourth-order valence-electron chi connectivity index (χ4n) is 2.77. The molecule has 9 nitrogen and oxygen atoms in total. The number of esters is 1. The summed E-state index contributed by atoms with van der Waals surface area (Å²) in [4.78, 5) is 39.6. The number of aromatic nitrogens is 1. The average molecular weight is 450 g/mol. The molecule has 0 saturated carbocycles. The molecule has 0 aliphatic heterocycles. The maximum absolute atomic E-state index is 12.8. The number of ether oxygens (including phenoxy) is 2. The summed E-state index contributed by atoms with van der Waals surface area (Å²) in [5, 5.41) is 11.1. The van der Waals surface area contributed by atoms with Crippen LogP contribution in [0.3, 0.4) is 0 Å². The molecule has 0 unspecified atom stereocenters. The SMILES string of the molecule is CCOC(=O)Cn1c(=NC(=O)c2cc([N+](=O)[O-])ccc2Cl)sc2cccc(OC)c21. The predicted octanol–water partition coefficient (Wildman–Crippen LogP) is 3.58. The number of carbonyl (C=O) groups is 2. The van der Waals surface area contributed by atoms with Gasteiger partial charge in [0.1, 0.15) is 17.8 Å². The Hall–Kier alpha value is -3.24. The van der Waals surface area contributed by atoms with Crippen LogP contribution < -0.4 is 9.54 Å². The predicted molar refractivity (Wildman–Crippen MR) is 111 cm³/mol. The van der Waals surface area contributed by atoms with E-state index < -0.39 is 16.8 Å². The van der Waals surface area contributed by atoms with Crippen molar-refractivity contribution in [2.45, 2.75) is 13.5 Å². The number of nitro benzene ring substituents is 1. The molecule has 1 heterocycles. The highest BCUT2D eigenvalue weighted by molar-refractivity contribution is 7.16. The largest absolute Gasteiger partial charge is 0.495 e. The summed E-state index contributed by atoms with van der Waals surface area (Å²) in [6.07, 6.45) is 0. The number of nitrogens with zero attached hydrogens (tertiary/aromatic N) is 3. The lowest BCUT2D eigenvalue weighted by Crippen LogP contribution is -2.23. The maximum atomic E-state index is 12.8. The quantitative estimate of drug-likeness (QED) is 0.323. The first-order valence-corrected chi connectivity index (χ1v) is 9.90. The number of hydrogen-bond donors (Lipinski definition) is 0. The fourth-order valence-corrected chi connectivity index (χ4v) is 4.01. The number of non-ortho nitro benzene ring substituents is 1. The lowest BCUT2D eigenvalue weighted by Gasteiger charge is -2.08. The molecule has 0 N–H and O–H groups in total. The van der Waals surface area contributed by atoms with Crippen LogP contribution in [-0.4, -0.2) is 35.1 Å². The molecular formula is C19H16ClN3O6S. The summed E-state index contributed by atoms with van der Waals surface area (Å²) in [6.45, 7) is 1.70. The summed E-state index contributed by atoms with van der Waals surface area (Å²) in [5.41, 5.74) is 0.183. The number of rotatable bonds is 6. The maximum Gasteiger partial charge on any atom is 0.326 e. The minimum Gasteiger partial charge on any atom is -0.495 e. The van der Waals surface area contributed by atoms with Crippen molar-refractivity contribution in [1.82, 2.24) is 4.57 Å². The van der Waals surface area contributed by atoms with Crippen molar-refractivity contribution in [3.8, 4) is 5.75 Å². The third-order valence-corrected chi connectivity index (χ3v) is 5.44. The van der Waals surface area contributed by atoms with Gasteiger partial charge in [0.05, 0.1) is 33.9 Å². The molecule has 2 aromatic carbocycles. The van der Waals surface area contributed by atoms with Crippen molar-refractivity contribution in [3.63, 3.8) is 0 Å². The van der Waals surface area contributed by atoms with E-state index in [1.807, 2.05) is 0 Å². The molecule has 11 heteroatoms. The van der Waals surface area contributed by atoms with Crippen LogP contribution in [0.25, 0.3) is 10.2 Å². The number of halogens is 1. The molecule has 0 aliphatic carbocycles. The molecule has 0 atom stereocenters. The Morgan fingerprint density at radius 2 is 2.07 bits per heavy atom. The summed E-state index contributed by atoms with van der Waals surface area (Å²) in [5.74, 6) is -0.785. The van der Waals surface area contributed by atoms with E-state index in [0.29, 0.717) is 11.3 Å². The van der Waals surface area contributed by atoms with Gasteiger partial charge in [0.15, 0.2) is 4.80 Å². The van der Waals surface area contributed by atoms with E-state index in [1.54, 1.807) is 25.1 Å². The zero-order chi connectivity index (χ0) is 21.8. The number of fused-ring (bicyclic) bond motifs is 1. The van der Waals surface area contributed by atoms with E-state index in [9.17, 15) is 19.7 Å². The molecule has 0 bridgehead atoms. The van der Waals surface area contributed by atoms with Gasteiger partial charge in [-0.05, 0) is 25.1 Å². The van der Waals surface area contributed by atoms with Crippen LogP contribution in [0.4, 0.5) is 5.69 Å². The van der Waals surface area contributed by atoms with E-state index in [2.05, 4.69) is 4.99 Å². The van der Waals surface area contributed by atoms with Gasteiger partial charge in [-0.2, -0.15) is 4.99 Å². The molecule has 0 spiro atoms. The van der Waals surface area contributed by atoms with Gasteiger partial charge >= 0.3 is 5.97 Å². The van der Waals surface area contributed by atoms with Crippen LogP contribution in [0.2, 0.25) is 5.02 Å². The second-order valence-electron chi connectivity index (χ2n) is 5.92. The van der Waals surface area contributed by atoms with E-state index >= 15 is 0 Å². The molecule has 0 fully saturated rings. The molecular weight excluding hydrogens is 434 g/mol. The smallest absolute Gasteiger partial charge is 0.326 e. The highest BCUT2D eigenvalue weighted by atomic mass is 35.5. The van der Waals surface area contributed by atoms with Gasteiger partial charge in [0, 0.05) is 12.1 Å². The van der Waals surface area contributed by atoms with E-state index in [4.69, 9.17) is 21.1 Å². The molecule has 3 rings (SSSR count). The first-order chi connectivity index (χ1) is 14.3. The Morgan fingerprint density at radius 3 is 2.73 bits per heavy atom. The van der Waals surface area contributed by atoms with Gasteiger partial charge in [-0.25, -0.2) is 0 Å². The minimum absolute atomic E-state index is 0.0324. The molecule has 3 aromatic rings. The van der Waals surface area contributed by atoms with Crippen molar-refractivity contribution in [1.29, 1.82) is 0 Å². The Balaban J connectivity index is 2.18. The van der Waals surface area contributed by atoms with Gasteiger partial charge in [-0.15, -0.1) is 0 Å². The molecule has 1 aromatic heterocycles. The first kappa shape index (κ1) is 21.5. The number of amides is 1. The van der Waals surface area contributed by atoms with E-state index in [1.165, 1.54) is 23.8 Å². The molecule has 30 heavy (non-hydrogen) atoms. The number of thiazole rings is 1. The van der Waals surface area contributed by atoms with E-state index in [-0.39, 0.29) is 34.2 Å². The van der Waals surface area contributed by atoms with Crippen LogP contribution >= 0.6 is 22.9 Å². The first-order valence-electron chi connectivity index (χ1n) is 8.70. The number of carbonyl (C=O) groups excluding carboxylic acids is 2. The molecule has 0 radical (unpaired) electrons. The normalized spacial score (nSPS) is 11.5. The summed E-state index contributed by atoms with van der Waals surface area (Å²) in [6, 6.07) is 8.83. The summed E-state index contributed by atoms with van der Waals surface area (Å²) in [7, 11) is 1.49. The van der Waals surface area contributed by atoms with Crippen molar-refractivity contribution in [2.75, 3.05) is 13.7 Å². The van der Waals surface area contributed by atoms with Gasteiger partial charge < -0.3 is 14.0 Å². The lowest BCUT2D eigenvalue weighted by molar-refractivity contribution is -0.384. The Morgan fingerprint density at radius 1 is 1.30 bits per heavy atom. The zero-order valence-corrected chi connectivity index (χ0v) is 17.5. The minimum atomic E-state index is -0.771. The van der Waals surface area contributed by atoms with E-state index in [0.717, 1.165) is 22.1 Å². The van der Waals surface area contributed by atoms with Crippen molar-refractivity contribution < 1.29 is 24.0 Å². The summed E-state index contributed by atoms with van der Waals surface area (Å²) < 4.78 is 12.7. The van der Waals surface area contributed by atoms with Gasteiger partial charge in [0.2, 0.25) is 0 Å². The number of hydrogen-bond acceptors (Lipinski definition) is 7. The number of nitro groups is 1. The average Bonchev–Trinajstić information content (AvgIpc) is 3.05. The second kappa shape index (κ2) is 9.06. The molecule has 0 aliphatic rings. The molecule has 0 saturated heterocycles. The standard InChI is InChI=1S/C19H16ClN3O6S/c1-3-29-16(24)10-22-17-14(28-2)5-4-6-15(17)30-19(22)21-18(25)12-9-11(23(26)27)7-8-13(12)20/h4-9H,3,10H2,1-2H3. The summed E-state index contributed by atoms with van der Waals surface area (Å²) >= 11 is 7.22. The van der Waals surface area contributed by atoms with Crippen molar-refractivity contribution in [2.24, 2.45) is 4.99 Å². The number of methoxy groups -OCH3 is 1. The monoisotopic (exact) mass is 449 g/mol. The third-order valence-electron chi connectivity index (χ3n) is 4.06. The van der Waals surface area contributed by atoms with Gasteiger partial charge in [0.25, 0.3) is 11.6 Å². The lowest BCUT2D eigenvalue weighted by atomic mass is 10.2. The second-order valence-corrected chi connectivity index (χ2v) is 7.34. The highest BCUT2D eigenvalue weighted by Gasteiger charge is 2.18. The van der Waals surface area contributed by atoms with Gasteiger partial charge in [-0.3, -0.25) is 19.7 Å². The van der Waals surface area contributed by atoms with Crippen LogP contribution in [0.15, 0.2) is 41.4 Å². The Bertz CT molecular complexity index is 1220. The highest BCUT2D eigenvalue weighted by Crippen LogP contribution is 2.28. The van der Waals surface area contributed by atoms with Crippen molar-refractivity contribution >= 4 is 50.7 Å². The van der Waals surface area contributed by atoms with Gasteiger partial charge in [-0.1, -0.05) is 29.0 Å². The van der Waals surface area contributed by atoms with Crippen LogP contribution in [0, 0.1) is 10.1 Å². The third kappa shape index (κ3) is 4.34. The number of benzene rings is 2. The topological polar surface area (TPSA) is 113 Å².